The van der Waals surface area contributed by atoms with Gasteiger partial charge in [0.1, 0.15) is 16.9 Å². The van der Waals surface area contributed by atoms with Gasteiger partial charge in [0.05, 0.1) is 0 Å². The van der Waals surface area contributed by atoms with Gasteiger partial charge in [-0.05, 0) is 50.3 Å². The normalized spacial score (nSPS) is 20.9. The van der Waals surface area contributed by atoms with Crippen molar-refractivity contribution in [2.45, 2.75) is 45.6 Å². The van der Waals surface area contributed by atoms with Gasteiger partial charge in [0, 0.05) is 17.5 Å². The Hall–Kier alpha value is -1.77. The second-order valence-corrected chi connectivity index (χ2v) is 6.10. The molecule has 0 N–H and O–H groups in total. The van der Waals surface area contributed by atoms with Crippen LogP contribution in [0.1, 0.15) is 44.2 Å². The van der Waals surface area contributed by atoms with Crippen molar-refractivity contribution in [2.75, 3.05) is 0 Å². The Morgan fingerprint density at radius 3 is 2.74 bits per heavy atom. The average molecular weight is 258 g/mol. The molecule has 1 unspecified atom stereocenters. The Morgan fingerprint density at radius 1 is 1.26 bits per heavy atom. The molecule has 1 atom stereocenters. The molecular weight excluding hydrogens is 240 g/mol. The monoisotopic (exact) mass is 258 g/mol. The van der Waals surface area contributed by atoms with Crippen molar-refractivity contribution in [2.24, 2.45) is 0 Å². The molecule has 19 heavy (non-hydrogen) atoms. The standard InChI is InChI=1S/C16H18O3/c1-9-5-15(17)18-13-7-14-12(6-11(9)13)10(2)8-16(3,4)19-14/h5-7,10H,8H2,1-4H3. The molecule has 0 radical (unpaired) electrons. The number of aryl methyl sites for hydroxylation is 1. The Kier molecular flexibility index (Phi) is 2.49. The minimum absolute atomic E-state index is 0.176. The van der Waals surface area contributed by atoms with Crippen molar-refractivity contribution >= 4 is 11.0 Å². The van der Waals surface area contributed by atoms with Gasteiger partial charge in [-0.1, -0.05) is 6.92 Å². The SMILES string of the molecule is Cc1cc(=O)oc2cc3c(cc12)C(C)CC(C)(C)O3. The number of hydrogen-bond acceptors (Lipinski definition) is 3. The van der Waals surface area contributed by atoms with E-state index in [1.807, 2.05) is 13.0 Å². The van der Waals surface area contributed by atoms with E-state index in [0.717, 1.165) is 23.1 Å². The van der Waals surface area contributed by atoms with Gasteiger partial charge >= 0.3 is 5.63 Å². The third kappa shape index (κ3) is 2.03. The lowest BCUT2D eigenvalue weighted by molar-refractivity contribution is 0.0748. The smallest absolute Gasteiger partial charge is 0.336 e. The van der Waals surface area contributed by atoms with E-state index in [1.165, 1.54) is 11.6 Å². The second kappa shape index (κ2) is 3.86. The molecule has 2 aromatic rings. The van der Waals surface area contributed by atoms with Crippen molar-refractivity contribution in [1.29, 1.82) is 0 Å². The fraction of sp³-hybridized carbons (Fsp3) is 0.438. The van der Waals surface area contributed by atoms with E-state index >= 15 is 0 Å². The molecule has 1 aromatic heterocycles. The Balaban J connectivity index is 2.29. The zero-order chi connectivity index (χ0) is 13.8. The molecule has 0 saturated carbocycles. The summed E-state index contributed by atoms with van der Waals surface area (Å²) in [5.74, 6) is 1.28. The molecule has 3 heteroatoms. The molecule has 0 fully saturated rings. The molecule has 1 aromatic carbocycles. The van der Waals surface area contributed by atoms with E-state index in [2.05, 4.69) is 26.8 Å². The van der Waals surface area contributed by atoms with Crippen molar-refractivity contribution in [3.63, 3.8) is 0 Å². The zero-order valence-electron chi connectivity index (χ0n) is 11.7. The summed E-state index contributed by atoms with van der Waals surface area (Å²) in [7, 11) is 0. The van der Waals surface area contributed by atoms with Gasteiger partial charge in [0.2, 0.25) is 0 Å². The first-order valence-corrected chi connectivity index (χ1v) is 6.63. The van der Waals surface area contributed by atoms with Crippen molar-refractivity contribution in [3.8, 4) is 5.75 Å². The minimum atomic E-state index is -0.312. The van der Waals surface area contributed by atoms with Gasteiger partial charge in [0.15, 0.2) is 0 Å². The Bertz CT molecular complexity index is 710. The highest BCUT2D eigenvalue weighted by atomic mass is 16.5. The first-order valence-electron chi connectivity index (χ1n) is 6.63. The van der Waals surface area contributed by atoms with E-state index in [9.17, 15) is 4.79 Å². The van der Waals surface area contributed by atoms with Crippen LogP contribution < -0.4 is 10.4 Å². The molecule has 0 spiro atoms. The molecule has 0 saturated heterocycles. The quantitative estimate of drug-likeness (QED) is 0.675. The molecule has 3 rings (SSSR count). The van der Waals surface area contributed by atoms with Crippen molar-refractivity contribution in [1.82, 2.24) is 0 Å². The summed E-state index contributed by atoms with van der Waals surface area (Å²) in [6.45, 7) is 8.32. The maximum Gasteiger partial charge on any atom is 0.336 e. The van der Waals surface area contributed by atoms with Crippen LogP contribution in [0.25, 0.3) is 11.0 Å². The van der Waals surface area contributed by atoms with Crippen LogP contribution in [-0.4, -0.2) is 5.60 Å². The van der Waals surface area contributed by atoms with Gasteiger partial charge in [-0.25, -0.2) is 4.79 Å². The van der Waals surface area contributed by atoms with Crippen LogP contribution >= 0.6 is 0 Å². The summed E-state index contributed by atoms with van der Waals surface area (Å²) in [5, 5.41) is 0.994. The van der Waals surface area contributed by atoms with Crippen LogP contribution in [0.5, 0.6) is 5.75 Å². The summed E-state index contributed by atoms with van der Waals surface area (Å²) in [6.07, 6.45) is 0.987. The Morgan fingerprint density at radius 2 is 2.00 bits per heavy atom. The maximum absolute atomic E-state index is 11.5. The van der Waals surface area contributed by atoms with Crippen LogP contribution in [0.3, 0.4) is 0 Å². The van der Waals surface area contributed by atoms with Crippen LogP contribution in [-0.2, 0) is 0 Å². The molecule has 1 aliphatic heterocycles. The highest BCUT2D eigenvalue weighted by Crippen LogP contribution is 2.42. The van der Waals surface area contributed by atoms with Crippen molar-refractivity contribution < 1.29 is 9.15 Å². The van der Waals surface area contributed by atoms with Crippen LogP contribution in [0.4, 0.5) is 0 Å². The van der Waals surface area contributed by atoms with E-state index in [1.54, 1.807) is 0 Å². The summed E-state index contributed by atoms with van der Waals surface area (Å²) >= 11 is 0. The fourth-order valence-electron chi connectivity index (χ4n) is 3.02. The highest BCUT2D eigenvalue weighted by molar-refractivity contribution is 5.83. The molecule has 0 amide bonds. The summed E-state index contributed by atoms with van der Waals surface area (Å²) in [5.41, 5.74) is 2.26. The van der Waals surface area contributed by atoms with Gasteiger partial charge < -0.3 is 9.15 Å². The molecule has 100 valence electrons. The predicted octanol–water partition coefficient (Wildman–Crippen LogP) is 3.77. The Labute approximate surface area is 112 Å². The molecule has 2 heterocycles. The summed E-state index contributed by atoms with van der Waals surface area (Å²) in [4.78, 5) is 11.5. The lowest BCUT2D eigenvalue weighted by Gasteiger charge is -2.36. The lowest BCUT2D eigenvalue weighted by Crippen LogP contribution is -2.34. The van der Waals surface area contributed by atoms with E-state index in [-0.39, 0.29) is 11.2 Å². The average Bonchev–Trinajstić information content (AvgIpc) is 2.24. The van der Waals surface area contributed by atoms with Crippen LogP contribution in [0.2, 0.25) is 0 Å². The fourth-order valence-corrected chi connectivity index (χ4v) is 3.02. The van der Waals surface area contributed by atoms with E-state index in [4.69, 9.17) is 9.15 Å². The van der Waals surface area contributed by atoms with Crippen molar-refractivity contribution in [3.05, 3.63) is 39.7 Å². The summed E-state index contributed by atoms with van der Waals surface area (Å²) < 4.78 is 11.3. The highest BCUT2D eigenvalue weighted by Gasteiger charge is 2.31. The molecule has 0 bridgehead atoms. The first kappa shape index (κ1) is 12.3. The van der Waals surface area contributed by atoms with Gasteiger partial charge in [0.25, 0.3) is 0 Å². The number of fused-ring (bicyclic) bond motifs is 2. The third-order valence-electron chi connectivity index (χ3n) is 3.80. The van der Waals surface area contributed by atoms with Gasteiger partial charge in [-0.3, -0.25) is 0 Å². The largest absolute Gasteiger partial charge is 0.487 e. The van der Waals surface area contributed by atoms with Gasteiger partial charge in [-0.2, -0.15) is 0 Å². The molecule has 3 nitrogen and oxygen atoms in total. The number of benzene rings is 1. The molecular formula is C16H18O3. The third-order valence-corrected chi connectivity index (χ3v) is 3.80. The maximum atomic E-state index is 11.5. The minimum Gasteiger partial charge on any atom is -0.487 e. The number of hydrogen-bond donors (Lipinski definition) is 0. The van der Waals surface area contributed by atoms with E-state index < -0.39 is 0 Å². The lowest BCUT2D eigenvalue weighted by atomic mass is 9.85. The predicted molar refractivity (Wildman–Crippen MR) is 75.0 cm³/mol. The molecule has 1 aliphatic rings. The second-order valence-electron chi connectivity index (χ2n) is 6.10. The zero-order valence-corrected chi connectivity index (χ0v) is 11.7. The first-order chi connectivity index (χ1) is 8.85. The summed E-state index contributed by atoms with van der Waals surface area (Å²) in [6, 6.07) is 5.49. The number of ether oxygens (including phenoxy) is 1. The van der Waals surface area contributed by atoms with E-state index in [0.29, 0.717) is 11.5 Å². The molecule has 0 aliphatic carbocycles. The van der Waals surface area contributed by atoms with Gasteiger partial charge in [-0.15, -0.1) is 0 Å². The number of rotatable bonds is 0. The topological polar surface area (TPSA) is 39.4 Å². The van der Waals surface area contributed by atoms with Crippen LogP contribution in [0.15, 0.2) is 27.4 Å². The van der Waals surface area contributed by atoms with Crippen LogP contribution in [0, 0.1) is 6.92 Å².